The van der Waals surface area contributed by atoms with Crippen molar-refractivity contribution in [1.82, 2.24) is 0 Å². The Hall–Kier alpha value is -3.85. The van der Waals surface area contributed by atoms with E-state index in [1.165, 1.54) is 6.07 Å². The predicted octanol–water partition coefficient (Wildman–Crippen LogP) is 3.84. The van der Waals surface area contributed by atoms with Crippen LogP contribution in [0.3, 0.4) is 0 Å². The van der Waals surface area contributed by atoms with E-state index in [9.17, 15) is 14.9 Å². The summed E-state index contributed by atoms with van der Waals surface area (Å²) < 4.78 is 4.88. The summed E-state index contributed by atoms with van der Waals surface area (Å²) in [5.41, 5.74) is 2.14. The van der Waals surface area contributed by atoms with Gasteiger partial charge in [-0.25, -0.2) is 0 Å². The number of benzene rings is 2. The summed E-state index contributed by atoms with van der Waals surface area (Å²) >= 11 is 0. The molecule has 6 heteroatoms. The number of nitro groups is 1. The molecule has 3 aromatic rings. The lowest BCUT2D eigenvalue weighted by Crippen LogP contribution is -2.10. The van der Waals surface area contributed by atoms with Crippen molar-refractivity contribution in [2.45, 2.75) is 0 Å². The van der Waals surface area contributed by atoms with E-state index in [0.29, 0.717) is 5.69 Å². The lowest BCUT2D eigenvalue weighted by molar-refractivity contribution is -0.402. The Balaban J connectivity index is 1.74. The maximum absolute atomic E-state index is 12.1. The minimum atomic E-state index is -0.698. The Morgan fingerprint density at radius 2 is 1.68 bits per heavy atom. The summed E-state index contributed by atoms with van der Waals surface area (Å²) in [5.74, 6) is 4.87. The number of nitrogens with zero attached hydrogens (tertiary/aromatic N) is 1. The zero-order valence-corrected chi connectivity index (χ0v) is 12.9. The number of rotatable bonds is 3. The van der Waals surface area contributed by atoms with Crippen LogP contribution in [-0.2, 0) is 0 Å². The lowest BCUT2D eigenvalue weighted by atomic mass is 10.1. The molecule has 0 saturated carbocycles. The van der Waals surface area contributed by atoms with Crippen molar-refractivity contribution in [2.24, 2.45) is 0 Å². The minimum absolute atomic E-state index is 0.132. The van der Waals surface area contributed by atoms with Crippen LogP contribution in [0.2, 0.25) is 0 Å². The maximum Gasteiger partial charge on any atom is 0.433 e. The standard InChI is InChI=1S/C19H12N2O4/c22-19(17-11-12-18(25-17)21(23)24)20-16-8-4-7-15(13-16)10-9-14-5-2-1-3-6-14/h1-8,11-13H,(H,20,22). The van der Waals surface area contributed by atoms with Crippen LogP contribution >= 0.6 is 0 Å². The van der Waals surface area contributed by atoms with Crippen LogP contribution < -0.4 is 5.32 Å². The number of furan rings is 1. The number of nitrogens with one attached hydrogen (secondary N) is 1. The fraction of sp³-hybridized carbons (Fsp3) is 0. The summed E-state index contributed by atoms with van der Waals surface area (Å²) in [6, 6.07) is 18.9. The van der Waals surface area contributed by atoms with Crippen molar-refractivity contribution in [3.8, 4) is 11.8 Å². The smallest absolute Gasteiger partial charge is 0.395 e. The maximum atomic E-state index is 12.1. The quantitative estimate of drug-likeness (QED) is 0.448. The van der Waals surface area contributed by atoms with Crippen LogP contribution in [0.4, 0.5) is 11.6 Å². The Morgan fingerprint density at radius 3 is 2.40 bits per heavy atom. The molecule has 0 aliphatic rings. The molecule has 0 spiro atoms. The third-order valence-electron chi connectivity index (χ3n) is 3.24. The first kappa shape index (κ1) is 16.0. The zero-order chi connectivity index (χ0) is 17.6. The van der Waals surface area contributed by atoms with Gasteiger partial charge in [-0.2, -0.15) is 0 Å². The minimum Gasteiger partial charge on any atom is -0.395 e. The van der Waals surface area contributed by atoms with Gasteiger partial charge >= 0.3 is 5.88 Å². The fourth-order valence-corrected chi connectivity index (χ4v) is 2.08. The molecule has 1 amide bonds. The predicted molar refractivity (Wildman–Crippen MR) is 92.2 cm³/mol. The van der Waals surface area contributed by atoms with Crippen molar-refractivity contribution >= 4 is 17.5 Å². The second-order valence-corrected chi connectivity index (χ2v) is 5.05. The van der Waals surface area contributed by atoms with Gasteiger partial charge in [0, 0.05) is 16.8 Å². The van der Waals surface area contributed by atoms with Crippen molar-refractivity contribution in [3.63, 3.8) is 0 Å². The first-order chi connectivity index (χ1) is 12.1. The van der Waals surface area contributed by atoms with Gasteiger partial charge in [0.1, 0.15) is 4.92 Å². The molecule has 1 heterocycles. The fourth-order valence-electron chi connectivity index (χ4n) is 2.08. The number of hydrogen-bond donors (Lipinski definition) is 1. The number of hydrogen-bond acceptors (Lipinski definition) is 4. The van der Waals surface area contributed by atoms with Crippen LogP contribution in [0, 0.1) is 22.0 Å². The Bertz CT molecular complexity index is 981. The molecule has 0 radical (unpaired) electrons. The van der Waals surface area contributed by atoms with Crippen molar-refractivity contribution in [3.05, 3.63) is 93.7 Å². The summed E-state index contributed by atoms with van der Waals surface area (Å²) in [4.78, 5) is 22.0. The van der Waals surface area contributed by atoms with E-state index in [-0.39, 0.29) is 5.76 Å². The van der Waals surface area contributed by atoms with Gasteiger partial charge in [-0.05, 0) is 36.4 Å². The van der Waals surface area contributed by atoms with Gasteiger partial charge in [0.25, 0.3) is 5.91 Å². The van der Waals surface area contributed by atoms with Gasteiger partial charge in [-0.1, -0.05) is 36.1 Å². The average Bonchev–Trinajstić information content (AvgIpc) is 3.12. The third kappa shape index (κ3) is 4.12. The molecule has 0 saturated heterocycles. The second kappa shape index (κ2) is 7.15. The zero-order valence-electron chi connectivity index (χ0n) is 12.9. The van der Waals surface area contributed by atoms with Crippen LogP contribution in [0.25, 0.3) is 0 Å². The van der Waals surface area contributed by atoms with Crippen LogP contribution in [-0.4, -0.2) is 10.8 Å². The van der Waals surface area contributed by atoms with Crippen molar-refractivity contribution in [1.29, 1.82) is 0 Å². The monoisotopic (exact) mass is 332 g/mol. The summed E-state index contributed by atoms with van der Waals surface area (Å²) in [7, 11) is 0. The SMILES string of the molecule is O=C(Nc1cccc(C#Cc2ccccc2)c1)c1ccc([N+](=O)[O-])o1. The highest BCUT2D eigenvalue weighted by atomic mass is 16.6. The molecule has 25 heavy (non-hydrogen) atoms. The highest BCUT2D eigenvalue weighted by molar-refractivity contribution is 6.02. The molecule has 0 fully saturated rings. The van der Waals surface area contributed by atoms with Gasteiger partial charge < -0.3 is 9.73 Å². The first-order valence-corrected chi connectivity index (χ1v) is 7.34. The van der Waals surface area contributed by atoms with E-state index in [4.69, 9.17) is 4.42 Å². The lowest BCUT2D eigenvalue weighted by Gasteiger charge is -2.03. The molecule has 2 aromatic carbocycles. The highest BCUT2D eigenvalue weighted by Gasteiger charge is 2.17. The molecule has 0 atom stereocenters. The van der Waals surface area contributed by atoms with Gasteiger partial charge in [0.05, 0.1) is 6.07 Å². The number of anilines is 1. The summed E-state index contributed by atoms with van der Waals surface area (Å²) in [6.07, 6.45) is 0. The Labute approximate surface area is 143 Å². The second-order valence-electron chi connectivity index (χ2n) is 5.05. The Kier molecular flexibility index (Phi) is 4.58. The molecule has 6 nitrogen and oxygen atoms in total. The molecule has 0 bridgehead atoms. The molecular weight excluding hydrogens is 320 g/mol. The third-order valence-corrected chi connectivity index (χ3v) is 3.24. The number of amides is 1. The molecule has 0 aliphatic carbocycles. The van der Waals surface area contributed by atoms with E-state index in [0.717, 1.165) is 17.2 Å². The number of carbonyl (C=O) groups excluding carboxylic acids is 1. The topological polar surface area (TPSA) is 85.4 Å². The molecule has 1 aromatic heterocycles. The average molecular weight is 332 g/mol. The summed E-state index contributed by atoms with van der Waals surface area (Å²) in [6.45, 7) is 0. The molecule has 122 valence electrons. The molecule has 0 aliphatic heterocycles. The van der Waals surface area contributed by atoms with Crippen LogP contribution in [0.5, 0.6) is 0 Å². The molecule has 1 N–H and O–H groups in total. The van der Waals surface area contributed by atoms with Gasteiger partial charge in [-0.15, -0.1) is 0 Å². The van der Waals surface area contributed by atoms with Gasteiger partial charge in [-0.3, -0.25) is 14.9 Å². The van der Waals surface area contributed by atoms with E-state index in [1.807, 2.05) is 36.4 Å². The van der Waals surface area contributed by atoms with Crippen LogP contribution in [0.1, 0.15) is 21.7 Å². The van der Waals surface area contributed by atoms with Gasteiger partial charge in [0.15, 0.2) is 5.76 Å². The molecule has 0 unspecified atom stereocenters. The van der Waals surface area contributed by atoms with E-state index in [1.54, 1.807) is 18.2 Å². The number of carbonyl (C=O) groups is 1. The van der Waals surface area contributed by atoms with Gasteiger partial charge in [0.2, 0.25) is 0 Å². The van der Waals surface area contributed by atoms with E-state index >= 15 is 0 Å². The molecular formula is C19H12N2O4. The Morgan fingerprint density at radius 1 is 0.960 bits per heavy atom. The highest BCUT2D eigenvalue weighted by Crippen LogP contribution is 2.17. The van der Waals surface area contributed by atoms with E-state index < -0.39 is 16.7 Å². The van der Waals surface area contributed by atoms with Crippen molar-refractivity contribution in [2.75, 3.05) is 5.32 Å². The molecule has 3 rings (SSSR count). The summed E-state index contributed by atoms with van der Waals surface area (Å²) in [5, 5.41) is 13.2. The van der Waals surface area contributed by atoms with Crippen molar-refractivity contribution < 1.29 is 14.1 Å². The van der Waals surface area contributed by atoms with Crippen LogP contribution in [0.15, 0.2) is 71.1 Å². The first-order valence-electron chi connectivity index (χ1n) is 7.34. The largest absolute Gasteiger partial charge is 0.433 e. The normalized spacial score (nSPS) is 9.76. The van der Waals surface area contributed by atoms with E-state index in [2.05, 4.69) is 17.2 Å².